The van der Waals surface area contributed by atoms with Crippen molar-refractivity contribution in [1.29, 1.82) is 0 Å². The summed E-state index contributed by atoms with van der Waals surface area (Å²) in [6.45, 7) is 2.68. The van der Waals surface area contributed by atoms with E-state index < -0.39 is 5.82 Å². The highest BCUT2D eigenvalue weighted by atomic mass is 35.5. The van der Waals surface area contributed by atoms with E-state index in [2.05, 4.69) is 15.4 Å². The zero-order valence-corrected chi connectivity index (χ0v) is 16.2. The van der Waals surface area contributed by atoms with Gasteiger partial charge < -0.3 is 10.2 Å². The Bertz CT molecular complexity index is 1010. The number of amides is 1. The molecule has 0 aliphatic carbocycles. The molecule has 0 bridgehead atoms. The van der Waals surface area contributed by atoms with E-state index in [0.29, 0.717) is 30.0 Å². The summed E-state index contributed by atoms with van der Waals surface area (Å²) in [4.78, 5) is 18.6. The number of halogens is 3. The number of benzene rings is 1. The summed E-state index contributed by atoms with van der Waals surface area (Å²) in [5.41, 5.74) is 1.91. The number of piperazine rings is 1. The molecule has 3 heterocycles. The highest BCUT2D eigenvalue weighted by Gasteiger charge is 2.23. The third kappa shape index (κ3) is 3.87. The Morgan fingerprint density at radius 2 is 1.89 bits per heavy atom. The molecule has 0 radical (unpaired) electrons. The zero-order chi connectivity index (χ0) is 19.7. The summed E-state index contributed by atoms with van der Waals surface area (Å²) in [6.07, 6.45) is 1.54. The van der Waals surface area contributed by atoms with Crippen molar-refractivity contribution in [3.8, 4) is 16.9 Å². The number of carbonyl (C=O) groups excluding carboxylic acids is 1. The minimum atomic E-state index is -0.474. The number of hydrogen-bond acceptors (Lipinski definition) is 4. The smallest absolute Gasteiger partial charge is 0.274 e. The summed E-state index contributed by atoms with van der Waals surface area (Å²) < 4.78 is 15.5. The summed E-state index contributed by atoms with van der Waals surface area (Å²) in [7, 11) is 0. The first-order valence-electron chi connectivity index (χ1n) is 8.70. The predicted molar refractivity (Wildman–Crippen MR) is 106 cm³/mol. The molecule has 1 aromatic carbocycles. The highest BCUT2D eigenvalue weighted by molar-refractivity contribution is 6.31. The van der Waals surface area contributed by atoms with Gasteiger partial charge in [0.15, 0.2) is 5.69 Å². The quantitative estimate of drug-likeness (QED) is 0.660. The first-order chi connectivity index (χ1) is 13.5. The Labute approximate surface area is 170 Å². The van der Waals surface area contributed by atoms with Crippen molar-refractivity contribution in [2.75, 3.05) is 26.2 Å². The molecule has 4 rings (SSSR count). The number of hydrogen-bond donors (Lipinski definition) is 1. The minimum Gasteiger partial charge on any atom is -0.335 e. The molecule has 3 aromatic rings. The molecule has 1 aliphatic rings. The van der Waals surface area contributed by atoms with Gasteiger partial charge in [0.05, 0.1) is 11.4 Å². The fourth-order valence-corrected chi connectivity index (χ4v) is 3.53. The van der Waals surface area contributed by atoms with Crippen LogP contribution in [0.15, 0.2) is 42.6 Å². The van der Waals surface area contributed by atoms with Crippen LogP contribution in [0.1, 0.15) is 10.5 Å². The van der Waals surface area contributed by atoms with Gasteiger partial charge in [-0.05, 0) is 30.3 Å². The molecule has 0 atom stereocenters. The van der Waals surface area contributed by atoms with Crippen LogP contribution < -0.4 is 5.32 Å². The second-order valence-electron chi connectivity index (χ2n) is 6.36. The van der Waals surface area contributed by atoms with E-state index in [1.807, 2.05) is 0 Å². The van der Waals surface area contributed by atoms with Gasteiger partial charge in [0.1, 0.15) is 11.0 Å². The molecule has 0 spiro atoms. The molecular weight excluding hydrogens is 404 g/mol. The molecule has 9 heteroatoms. The van der Waals surface area contributed by atoms with Gasteiger partial charge in [-0.15, -0.1) is 0 Å². The Morgan fingerprint density at radius 1 is 1.11 bits per heavy atom. The lowest BCUT2D eigenvalue weighted by Crippen LogP contribution is -2.46. The van der Waals surface area contributed by atoms with Crippen molar-refractivity contribution in [3.05, 3.63) is 64.3 Å². The molecule has 144 valence electrons. The van der Waals surface area contributed by atoms with E-state index >= 15 is 0 Å². The van der Waals surface area contributed by atoms with E-state index in [4.69, 9.17) is 23.2 Å². The van der Waals surface area contributed by atoms with Gasteiger partial charge in [-0.1, -0.05) is 23.2 Å². The molecule has 0 unspecified atom stereocenters. The van der Waals surface area contributed by atoms with Crippen LogP contribution >= 0.6 is 23.2 Å². The molecule has 28 heavy (non-hydrogen) atoms. The highest BCUT2D eigenvalue weighted by Crippen LogP contribution is 2.28. The van der Waals surface area contributed by atoms with Crippen LogP contribution in [0.5, 0.6) is 0 Å². The lowest BCUT2D eigenvalue weighted by molar-refractivity contribution is 0.0729. The standard InChI is InChI=1S/C19H16Cl2FN5O/c20-13-7-12(8-14(22)9-13)17-11-16(19(28)26-5-3-23-4-6-26)25-27(17)15-1-2-24-18(21)10-15/h1-2,7-11,23H,3-6H2. The molecule has 2 aromatic heterocycles. The van der Waals surface area contributed by atoms with Gasteiger partial charge in [0, 0.05) is 49.0 Å². The molecule has 6 nitrogen and oxygen atoms in total. The maximum absolute atomic E-state index is 13.9. The lowest BCUT2D eigenvalue weighted by Gasteiger charge is -2.26. The molecule has 1 fully saturated rings. The van der Waals surface area contributed by atoms with Gasteiger partial charge in [-0.25, -0.2) is 14.1 Å². The predicted octanol–water partition coefficient (Wildman–Crippen LogP) is 3.43. The Morgan fingerprint density at radius 3 is 2.61 bits per heavy atom. The normalized spacial score (nSPS) is 14.3. The van der Waals surface area contributed by atoms with Gasteiger partial charge >= 0.3 is 0 Å². The van der Waals surface area contributed by atoms with Gasteiger partial charge in [0.25, 0.3) is 5.91 Å². The maximum atomic E-state index is 13.9. The van der Waals surface area contributed by atoms with E-state index in [-0.39, 0.29) is 21.8 Å². The van der Waals surface area contributed by atoms with E-state index in [1.54, 1.807) is 40.0 Å². The van der Waals surface area contributed by atoms with Crippen molar-refractivity contribution in [2.45, 2.75) is 0 Å². The fraction of sp³-hybridized carbons (Fsp3) is 0.211. The third-order valence-electron chi connectivity index (χ3n) is 4.45. The average Bonchev–Trinajstić information content (AvgIpc) is 3.13. The van der Waals surface area contributed by atoms with Crippen molar-refractivity contribution >= 4 is 29.1 Å². The number of carbonyl (C=O) groups is 1. The molecule has 1 amide bonds. The minimum absolute atomic E-state index is 0.177. The summed E-state index contributed by atoms with van der Waals surface area (Å²) in [5, 5.41) is 8.23. The second-order valence-corrected chi connectivity index (χ2v) is 7.19. The van der Waals surface area contributed by atoms with Crippen LogP contribution in [0, 0.1) is 5.82 Å². The van der Waals surface area contributed by atoms with Gasteiger partial charge in [-0.3, -0.25) is 4.79 Å². The first kappa shape index (κ1) is 18.9. The molecular formula is C19H16Cl2FN5O. The number of pyridine rings is 1. The fourth-order valence-electron chi connectivity index (χ4n) is 3.14. The van der Waals surface area contributed by atoms with Crippen LogP contribution in [0.2, 0.25) is 10.2 Å². The van der Waals surface area contributed by atoms with Crippen molar-refractivity contribution in [1.82, 2.24) is 25.0 Å². The topological polar surface area (TPSA) is 63.1 Å². The summed E-state index contributed by atoms with van der Waals surface area (Å²) in [5.74, 6) is -0.651. The summed E-state index contributed by atoms with van der Waals surface area (Å²) >= 11 is 12.1. The molecule has 1 N–H and O–H groups in total. The zero-order valence-electron chi connectivity index (χ0n) is 14.7. The van der Waals surface area contributed by atoms with Gasteiger partial charge in [0.2, 0.25) is 0 Å². The van der Waals surface area contributed by atoms with Crippen LogP contribution in [0.4, 0.5) is 4.39 Å². The van der Waals surface area contributed by atoms with Crippen LogP contribution in [0.3, 0.4) is 0 Å². The number of nitrogens with zero attached hydrogens (tertiary/aromatic N) is 4. The van der Waals surface area contributed by atoms with E-state index in [9.17, 15) is 9.18 Å². The molecule has 0 saturated carbocycles. The van der Waals surface area contributed by atoms with Crippen molar-refractivity contribution < 1.29 is 9.18 Å². The third-order valence-corrected chi connectivity index (χ3v) is 4.87. The number of aromatic nitrogens is 3. The number of nitrogens with one attached hydrogen (secondary N) is 1. The molecule has 1 saturated heterocycles. The van der Waals surface area contributed by atoms with Crippen LogP contribution in [-0.4, -0.2) is 51.8 Å². The Kier molecular flexibility index (Phi) is 5.30. The van der Waals surface area contributed by atoms with Crippen LogP contribution in [0.25, 0.3) is 16.9 Å². The summed E-state index contributed by atoms with van der Waals surface area (Å²) in [6, 6.07) is 9.17. The Hall–Kier alpha value is -2.48. The van der Waals surface area contributed by atoms with Crippen molar-refractivity contribution in [3.63, 3.8) is 0 Å². The largest absolute Gasteiger partial charge is 0.335 e. The van der Waals surface area contributed by atoms with Crippen molar-refractivity contribution in [2.24, 2.45) is 0 Å². The lowest BCUT2D eigenvalue weighted by atomic mass is 10.1. The van der Waals surface area contributed by atoms with E-state index in [0.717, 1.165) is 13.1 Å². The Balaban J connectivity index is 1.83. The average molecular weight is 420 g/mol. The van der Waals surface area contributed by atoms with Crippen LogP contribution in [-0.2, 0) is 0 Å². The number of rotatable bonds is 3. The van der Waals surface area contributed by atoms with E-state index in [1.165, 1.54) is 12.1 Å². The van der Waals surface area contributed by atoms with Gasteiger partial charge in [-0.2, -0.15) is 5.10 Å². The SMILES string of the molecule is O=C(c1cc(-c2cc(F)cc(Cl)c2)n(-c2ccnc(Cl)c2)n1)N1CCNCC1. The second kappa shape index (κ2) is 7.87. The monoisotopic (exact) mass is 419 g/mol. The maximum Gasteiger partial charge on any atom is 0.274 e. The first-order valence-corrected chi connectivity index (χ1v) is 9.45. The molecule has 1 aliphatic heterocycles.